The van der Waals surface area contributed by atoms with Gasteiger partial charge < -0.3 is 9.42 Å². The molecular weight excluding hydrogens is 412 g/mol. The van der Waals surface area contributed by atoms with Gasteiger partial charge in [-0.3, -0.25) is 9.69 Å². The summed E-state index contributed by atoms with van der Waals surface area (Å²) in [7, 11) is 0. The van der Waals surface area contributed by atoms with Gasteiger partial charge in [-0.1, -0.05) is 65.3 Å². The molecule has 1 aromatic heterocycles. The van der Waals surface area contributed by atoms with Crippen LogP contribution in [0.15, 0.2) is 59.1 Å². The Labute approximate surface area is 186 Å². The number of hydrogen-bond donors (Lipinski definition) is 0. The van der Waals surface area contributed by atoms with E-state index in [1.807, 2.05) is 59.5 Å². The molecule has 3 unspecified atom stereocenters. The summed E-state index contributed by atoms with van der Waals surface area (Å²) in [6.45, 7) is 5.09. The molecule has 7 heteroatoms. The molecule has 1 amide bonds. The predicted octanol–water partition coefficient (Wildman–Crippen LogP) is 4.40. The molecule has 0 bridgehead atoms. The van der Waals surface area contributed by atoms with E-state index in [0.717, 1.165) is 35.7 Å². The van der Waals surface area contributed by atoms with E-state index in [1.54, 1.807) is 0 Å². The van der Waals surface area contributed by atoms with Crippen LogP contribution in [0, 0.1) is 5.92 Å². The normalized spacial score (nSPS) is 22.3. The van der Waals surface area contributed by atoms with Crippen molar-refractivity contribution in [3.8, 4) is 11.4 Å². The van der Waals surface area contributed by atoms with Gasteiger partial charge >= 0.3 is 0 Å². The molecule has 3 atom stereocenters. The van der Waals surface area contributed by atoms with Crippen molar-refractivity contribution in [2.24, 2.45) is 5.92 Å². The quantitative estimate of drug-likeness (QED) is 0.593. The van der Waals surface area contributed by atoms with Crippen LogP contribution in [-0.4, -0.2) is 52.0 Å². The maximum atomic E-state index is 13.0. The number of amides is 1. The fraction of sp³-hybridized carbons (Fsp3) is 0.375. The third-order valence-corrected chi connectivity index (χ3v) is 6.76. The topological polar surface area (TPSA) is 62.5 Å². The fourth-order valence-corrected chi connectivity index (χ4v) is 4.69. The summed E-state index contributed by atoms with van der Waals surface area (Å²) in [6.07, 6.45) is 0.892. The second-order valence-corrected chi connectivity index (χ2v) is 8.74. The van der Waals surface area contributed by atoms with Crippen LogP contribution in [0.3, 0.4) is 0 Å². The number of carbonyl (C=O) groups excluding carboxylic acids is 1. The molecule has 1 aliphatic heterocycles. The number of benzene rings is 2. The van der Waals surface area contributed by atoms with Crippen molar-refractivity contribution in [1.29, 1.82) is 0 Å². The highest BCUT2D eigenvalue weighted by molar-refractivity contribution is 6.31. The zero-order chi connectivity index (χ0) is 21.4. The summed E-state index contributed by atoms with van der Waals surface area (Å²) >= 11 is 6.32. The Morgan fingerprint density at radius 1 is 1.06 bits per heavy atom. The Bertz CT molecular complexity index is 1060. The van der Waals surface area contributed by atoms with Gasteiger partial charge in [-0.05, 0) is 30.9 Å². The van der Waals surface area contributed by atoms with Crippen molar-refractivity contribution in [3.05, 3.63) is 71.1 Å². The van der Waals surface area contributed by atoms with Crippen molar-refractivity contribution < 1.29 is 9.32 Å². The Morgan fingerprint density at radius 2 is 1.77 bits per heavy atom. The van der Waals surface area contributed by atoms with Crippen LogP contribution in [0.2, 0.25) is 5.02 Å². The molecule has 6 nitrogen and oxygen atoms in total. The summed E-state index contributed by atoms with van der Waals surface area (Å²) in [5.74, 6) is 1.79. The summed E-state index contributed by atoms with van der Waals surface area (Å²) < 4.78 is 5.54. The molecule has 1 saturated carbocycles. The van der Waals surface area contributed by atoms with Crippen LogP contribution in [0.1, 0.15) is 36.8 Å². The fourth-order valence-electron chi connectivity index (χ4n) is 4.42. The molecule has 0 radical (unpaired) electrons. The Balaban J connectivity index is 1.17. The van der Waals surface area contributed by atoms with Crippen LogP contribution in [0.5, 0.6) is 0 Å². The molecule has 3 aromatic rings. The average Bonchev–Trinajstić information content (AvgIpc) is 3.45. The minimum absolute atomic E-state index is 0.0130. The second kappa shape index (κ2) is 8.44. The number of piperazine rings is 1. The molecule has 5 rings (SSSR count). The van der Waals surface area contributed by atoms with Gasteiger partial charge in [0.2, 0.25) is 17.6 Å². The molecule has 2 aromatic carbocycles. The van der Waals surface area contributed by atoms with Crippen LogP contribution in [0.4, 0.5) is 0 Å². The number of halogens is 1. The summed E-state index contributed by atoms with van der Waals surface area (Å²) in [5.41, 5.74) is 2.04. The summed E-state index contributed by atoms with van der Waals surface area (Å²) in [4.78, 5) is 21.9. The Hall–Kier alpha value is -2.70. The standard InChI is InChI=1S/C24H25ClN4O2/c1-16(23-26-22(27-31-23)17-7-3-2-4-8-17)28-11-13-29(14-12-28)24(30)20-15-19(20)18-9-5-6-10-21(18)25/h2-10,16,19-20H,11-15H2,1H3. The maximum absolute atomic E-state index is 13.0. The van der Waals surface area contributed by atoms with E-state index >= 15 is 0 Å². The Morgan fingerprint density at radius 3 is 2.52 bits per heavy atom. The van der Waals surface area contributed by atoms with Crippen molar-refractivity contribution in [2.75, 3.05) is 26.2 Å². The largest absolute Gasteiger partial charge is 0.340 e. The first-order valence-corrected chi connectivity index (χ1v) is 11.2. The number of rotatable bonds is 5. The third kappa shape index (κ3) is 4.10. The lowest BCUT2D eigenvalue weighted by Crippen LogP contribution is -2.49. The van der Waals surface area contributed by atoms with Crippen molar-refractivity contribution >= 4 is 17.5 Å². The van der Waals surface area contributed by atoms with Crippen molar-refractivity contribution in [1.82, 2.24) is 19.9 Å². The van der Waals surface area contributed by atoms with Gasteiger partial charge in [0.05, 0.1) is 6.04 Å². The molecule has 160 valence electrons. The number of hydrogen-bond acceptors (Lipinski definition) is 5. The van der Waals surface area contributed by atoms with Gasteiger partial charge in [-0.15, -0.1) is 0 Å². The van der Waals surface area contributed by atoms with Gasteiger partial charge in [0.25, 0.3) is 0 Å². The number of nitrogens with zero attached hydrogens (tertiary/aromatic N) is 4. The first-order chi connectivity index (χ1) is 15.1. The highest BCUT2D eigenvalue weighted by Gasteiger charge is 2.47. The molecule has 2 heterocycles. The lowest BCUT2D eigenvalue weighted by molar-refractivity contribution is -0.134. The van der Waals surface area contributed by atoms with E-state index in [-0.39, 0.29) is 23.8 Å². The molecule has 2 fully saturated rings. The van der Waals surface area contributed by atoms with E-state index < -0.39 is 0 Å². The van der Waals surface area contributed by atoms with Crippen LogP contribution >= 0.6 is 11.6 Å². The van der Waals surface area contributed by atoms with Crippen molar-refractivity contribution in [3.63, 3.8) is 0 Å². The second-order valence-electron chi connectivity index (χ2n) is 8.33. The van der Waals surface area contributed by atoms with Crippen LogP contribution in [-0.2, 0) is 4.79 Å². The highest BCUT2D eigenvalue weighted by Crippen LogP contribution is 2.50. The number of carbonyl (C=O) groups is 1. The SMILES string of the molecule is CC(c1nc(-c2ccccc2)no1)N1CCN(C(=O)C2CC2c2ccccc2Cl)CC1. The first-order valence-electron chi connectivity index (χ1n) is 10.8. The highest BCUT2D eigenvalue weighted by atomic mass is 35.5. The van der Waals surface area contributed by atoms with Crippen LogP contribution in [0.25, 0.3) is 11.4 Å². The van der Waals surface area contributed by atoms with E-state index in [2.05, 4.69) is 22.0 Å². The van der Waals surface area contributed by atoms with Gasteiger partial charge in [0.1, 0.15) is 0 Å². The minimum Gasteiger partial charge on any atom is -0.340 e. The van der Waals surface area contributed by atoms with E-state index in [0.29, 0.717) is 24.8 Å². The third-order valence-electron chi connectivity index (χ3n) is 6.42. The number of aromatic nitrogens is 2. The van der Waals surface area contributed by atoms with Crippen molar-refractivity contribution in [2.45, 2.75) is 25.3 Å². The molecule has 31 heavy (non-hydrogen) atoms. The molecule has 2 aliphatic rings. The van der Waals surface area contributed by atoms with Gasteiger partial charge in [0, 0.05) is 42.7 Å². The minimum atomic E-state index is 0.0130. The maximum Gasteiger partial charge on any atom is 0.244 e. The Kier molecular flexibility index (Phi) is 5.50. The average molecular weight is 437 g/mol. The molecule has 1 saturated heterocycles. The monoisotopic (exact) mass is 436 g/mol. The molecule has 0 N–H and O–H groups in total. The lowest BCUT2D eigenvalue weighted by Gasteiger charge is -2.37. The van der Waals surface area contributed by atoms with E-state index in [1.165, 1.54) is 0 Å². The zero-order valence-electron chi connectivity index (χ0n) is 17.4. The summed E-state index contributed by atoms with van der Waals surface area (Å²) in [6, 6.07) is 17.7. The smallest absolute Gasteiger partial charge is 0.244 e. The van der Waals surface area contributed by atoms with Crippen LogP contribution < -0.4 is 0 Å². The van der Waals surface area contributed by atoms with E-state index in [9.17, 15) is 4.79 Å². The lowest BCUT2D eigenvalue weighted by atomic mass is 10.1. The van der Waals surface area contributed by atoms with Gasteiger partial charge in [-0.25, -0.2) is 0 Å². The zero-order valence-corrected chi connectivity index (χ0v) is 18.2. The van der Waals surface area contributed by atoms with Gasteiger partial charge in [-0.2, -0.15) is 4.98 Å². The molecule has 1 aliphatic carbocycles. The molecule has 0 spiro atoms. The van der Waals surface area contributed by atoms with E-state index in [4.69, 9.17) is 16.1 Å². The first kappa shape index (κ1) is 20.2. The molecular formula is C24H25ClN4O2. The van der Waals surface area contributed by atoms with Gasteiger partial charge in [0.15, 0.2) is 0 Å². The predicted molar refractivity (Wildman–Crippen MR) is 119 cm³/mol. The summed E-state index contributed by atoms with van der Waals surface area (Å²) in [5, 5.41) is 4.89.